The first-order chi connectivity index (χ1) is 11.7. The number of rotatable bonds is 3. The lowest BCUT2D eigenvalue weighted by Gasteiger charge is -2.47. The van der Waals surface area contributed by atoms with Crippen LogP contribution in [0.1, 0.15) is 37.2 Å². The summed E-state index contributed by atoms with van der Waals surface area (Å²) in [6.07, 6.45) is 4.04. The summed E-state index contributed by atoms with van der Waals surface area (Å²) in [7, 11) is 2.02. The van der Waals surface area contributed by atoms with Gasteiger partial charge in [-0.2, -0.15) is 0 Å². The zero-order valence-electron chi connectivity index (χ0n) is 14.6. The van der Waals surface area contributed by atoms with Crippen LogP contribution in [0.5, 0.6) is 0 Å². The second kappa shape index (κ2) is 6.49. The van der Waals surface area contributed by atoms with Gasteiger partial charge in [0.15, 0.2) is 0 Å². The Hall–Kier alpha value is -1.39. The van der Waals surface area contributed by atoms with E-state index in [0.29, 0.717) is 24.2 Å². The SMILES string of the molecule is CN1C(=O)C[C@@H](c2ccccc2)C12CCN(C[C@@H]1CCOC1)CC2. The molecule has 1 amide bonds. The molecule has 3 fully saturated rings. The standard InChI is InChI=1S/C20H28N2O2/c1-21-19(23)13-18(17-5-3-2-4-6-17)20(21)8-10-22(11-9-20)14-16-7-12-24-15-16/h2-6,16,18H,7-15H2,1H3/t16-,18-/m0/s1. The van der Waals surface area contributed by atoms with E-state index in [-0.39, 0.29) is 5.54 Å². The molecule has 0 unspecified atom stereocenters. The molecule has 2 atom stereocenters. The fourth-order valence-electron chi connectivity index (χ4n) is 5.00. The number of piperidine rings is 1. The monoisotopic (exact) mass is 328 g/mol. The summed E-state index contributed by atoms with van der Waals surface area (Å²) in [5.41, 5.74) is 1.34. The molecular weight excluding hydrogens is 300 g/mol. The molecule has 0 radical (unpaired) electrons. The van der Waals surface area contributed by atoms with E-state index in [9.17, 15) is 4.79 Å². The van der Waals surface area contributed by atoms with Crippen LogP contribution in [0.15, 0.2) is 30.3 Å². The van der Waals surface area contributed by atoms with E-state index < -0.39 is 0 Å². The zero-order valence-corrected chi connectivity index (χ0v) is 14.6. The predicted octanol–water partition coefficient (Wildman–Crippen LogP) is 2.50. The summed E-state index contributed by atoms with van der Waals surface area (Å²) >= 11 is 0. The Bertz CT molecular complexity index is 575. The topological polar surface area (TPSA) is 32.8 Å². The van der Waals surface area contributed by atoms with E-state index in [1.54, 1.807) is 0 Å². The molecule has 0 N–H and O–H groups in total. The number of carbonyl (C=O) groups excluding carboxylic acids is 1. The lowest BCUT2D eigenvalue weighted by Crippen LogP contribution is -2.54. The molecule has 0 saturated carbocycles. The highest BCUT2D eigenvalue weighted by atomic mass is 16.5. The van der Waals surface area contributed by atoms with E-state index in [1.807, 2.05) is 7.05 Å². The van der Waals surface area contributed by atoms with Crippen molar-refractivity contribution in [3.63, 3.8) is 0 Å². The highest BCUT2D eigenvalue weighted by Gasteiger charge is 2.52. The van der Waals surface area contributed by atoms with Gasteiger partial charge in [0.05, 0.1) is 12.1 Å². The summed E-state index contributed by atoms with van der Waals surface area (Å²) in [4.78, 5) is 17.1. The first-order valence-corrected chi connectivity index (χ1v) is 9.31. The normalized spacial score (nSPS) is 30.4. The van der Waals surface area contributed by atoms with Gasteiger partial charge in [0.2, 0.25) is 5.91 Å². The number of likely N-dealkylation sites (N-methyl/N-ethyl adjacent to an activating group) is 1. The first-order valence-electron chi connectivity index (χ1n) is 9.31. The quantitative estimate of drug-likeness (QED) is 0.855. The Labute approximate surface area is 144 Å². The van der Waals surface area contributed by atoms with Crippen LogP contribution < -0.4 is 0 Å². The van der Waals surface area contributed by atoms with Crippen LogP contribution in [0.25, 0.3) is 0 Å². The molecule has 0 aliphatic carbocycles. The van der Waals surface area contributed by atoms with Crippen molar-refractivity contribution in [2.75, 3.05) is 39.9 Å². The first kappa shape index (κ1) is 16.1. The van der Waals surface area contributed by atoms with E-state index in [2.05, 4.69) is 40.1 Å². The van der Waals surface area contributed by atoms with Crippen molar-refractivity contribution in [3.8, 4) is 0 Å². The van der Waals surface area contributed by atoms with Crippen molar-refractivity contribution in [2.45, 2.75) is 37.1 Å². The van der Waals surface area contributed by atoms with Gasteiger partial charge in [-0.15, -0.1) is 0 Å². The highest BCUT2D eigenvalue weighted by molar-refractivity contribution is 5.81. The van der Waals surface area contributed by atoms with Crippen molar-refractivity contribution in [2.24, 2.45) is 5.92 Å². The Morgan fingerprint density at radius 2 is 1.96 bits per heavy atom. The number of benzene rings is 1. The van der Waals surface area contributed by atoms with E-state index in [1.165, 1.54) is 12.0 Å². The molecule has 0 aromatic heterocycles. The lowest BCUT2D eigenvalue weighted by atomic mass is 9.73. The van der Waals surface area contributed by atoms with Gasteiger partial charge in [0.25, 0.3) is 0 Å². The van der Waals surface area contributed by atoms with Crippen LogP contribution in [-0.4, -0.2) is 61.1 Å². The number of carbonyl (C=O) groups is 1. The van der Waals surface area contributed by atoms with E-state index in [4.69, 9.17) is 4.74 Å². The number of hydrogen-bond donors (Lipinski definition) is 0. The number of nitrogens with zero attached hydrogens (tertiary/aromatic N) is 2. The fourth-order valence-corrected chi connectivity index (χ4v) is 5.00. The predicted molar refractivity (Wildman–Crippen MR) is 93.9 cm³/mol. The molecule has 1 aromatic carbocycles. The van der Waals surface area contributed by atoms with Gasteiger partial charge in [-0.25, -0.2) is 0 Å². The number of amides is 1. The number of ether oxygens (including phenoxy) is 1. The molecule has 1 spiro atoms. The fraction of sp³-hybridized carbons (Fsp3) is 0.650. The third-order valence-corrected chi connectivity index (χ3v) is 6.53. The Balaban J connectivity index is 1.49. The average Bonchev–Trinajstić information content (AvgIpc) is 3.21. The maximum Gasteiger partial charge on any atom is 0.223 e. The van der Waals surface area contributed by atoms with Crippen LogP contribution in [0.3, 0.4) is 0 Å². The van der Waals surface area contributed by atoms with Gasteiger partial charge in [0, 0.05) is 45.6 Å². The largest absolute Gasteiger partial charge is 0.381 e. The molecule has 4 heteroatoms. The minimum absolute atomic E-state index is 0.0150. The van der Waals surface area contributed by atoms with Gasteiger partial charge >= 0.3 is 0 Å². The maximum atomic E-state index is 12.5. The van der Waals surface area contributed by atoms with E-state index in [0.717, 1.165) is 45.7 Å². The van der Waals surface area contributed by atoms with Gasteiger partial charge in [-0.1, -0.05) is 30.3 Å². The second-order valence-corrected chi connectivity index (χ2v) is 7.75. The molecule has 0 bridgehead atoms. The molecule has 130 valence electrons. The summed E-state index contributed by atoms with van der Waals surface area (Å²) in [5, 5.41) is 0. The third kappa shape index (κ3) is 2.76. The molecule has 3 heterocycles. The van der Waals surface area contributed by atoms with Crippen molar-refractivity contribution in [1.29, 1.82) is 0 Å². The minimum Gasteiger partial charge on any atom is -0.381 e. The summed E-state index contributed by atoms with van der Waals surface area (Å²) in [5.74, 6) is 1.35. The van der Waals surface area contributed by atoms with Crippen LogP contribution in [-0.2, 0) is 9.53 Å². The van der Waals surface area contributed by atoms with Crippen LogP contribution in [0.2, 0.25) is 0 Å². The summed E-state index contributed by atoms with van der Waals surface area (Å²) < 4.78 is 5.52. The smallest absolute Gasteiger partial charge is 0.223 e. The third-order valence-electron chi connectivity index (χ3n) is 6.53. The molecule has 3 saturated heterocycles. The lowest BCUT2D eigenvalue weighted by molar-refractivity contribution is -0.130. The van der Waals surface area contributed by atoms with Crippen molar-refractivity contribution in [1.82, 2.24) is 9.80 Å². The highest BCUT2D eigenvalue weighted by Crippen LogP contribution is 2.48. The maximum absolute atomic E-state index is 12.5. The van der Waals surface area contributed by atoms with Crippen LogP contribution >= 0.6 is 0 Å². The molecular formula is C20H28N2O2. The van der Waals surface area contributed by atoms with Crippen LogP contribution in [0, 0.1) is 5.92 Å². The Morgan fingerprint density at radius 3 is 2.62 bits per heavy atom. The molecule has 4 nitrogen and oxygen atoms in total. The van der Waals surface area contributed by atoms with Gasteiger partial charge in [-0.05, 0) is 30.7 Å². The molecule has 1 aromatic rings. The minimum atomic E-state index is 0.0150. The number of likely N-dealkylation sites (tertiary alicyclic amines) is 2. The van der Waals surface area contributed by atoms with Crippen molar-refractivity contribution < 1.29 is 9.53 Å². The second-order valence-electron chi connectivity index (χ2n) is 7.75. The van der Waals surface area contributed by atoms with Crippen LogP contribution in [0.4, 0.5) is 0 Å². The Morgan fingerprint density at radius 1 is 1.21 bits per heavy atom. The summed E-state index contributed by atoms with van der Waals surface area (Å²) in [6, 6.07) is 10.6. The van der Waals surface area contributed by atoms with Gasteiger partial charge in [0.1, 0.15) is 0 Å². The molecule has 3 aliphatic heterocycles. The molecule has 4 rings (SSSR count). The molecule has 24 heavy (non-hydrogen) atoms. The average molecular weight is 328 g/mol. The van der Waals surface area contributed by atoms with Crippen molar-refractivity contribution in [3.05, 3.63) is 35.9 Å². The van der Waals surface area contributed by atoms with Gasteiger partial charge in [-0.3, -0.25) is 4.79 Å². The number of hydrogen-bond acceptors (Lipinski definition) is 3. The summed E-state index contributed by atoms with van der Waals surface area (Å²) in [6.45, 7) is 5.20. The zero-order chi connectivity index (χ0) is 16.6. The van der Waals surface area contributed by atoms with E-state index >= 15 is 0 Å². The molecule has 3 aliphatic rings. The van der Waals surface area contributed by atoms with Gasteiger partial charge < -0.3 is 14.5 Å². The Kier molecular flexibility index (Phi) is 4.35. The van der Waals surface area contributed by atoms with Crippen molar-refractivity contribution >= 4 is 5.91 Å².